The molecule has 0 aliphatic rings. The summed E-state index contributed by atoms with van der Waals surface area (Å²) in [5, 5.41) is 9.58. The molecule has 2 rings (SSSR count). The predicted octanol–water partition coefficient (Wildman–Crippen LogP) is 5.37. The van der Waals surface area contributed by atoms with Crippen LogP contribution in [0, 0.1) is 6.92 Å². The second-order valence-corrected chi connectivity index (χ2v) is 6.08. The molecule has 2 aromatic rings. The van der Waals surface area contributed by atoms with Crippen LogP contribution in [0.4, 0.5) is 0 Å². The molecule has 0 bridgehead atoms. The second-order valence-electron chi connectivity index (χ2n) is 4.37. The van der Waals surface area contributed by atoms with Crippen LogP contribution in [0.1, 0.15) is 24.2 Å². The van der Waals surface area contributed by atoms with Gasteiger partial charge in [0.25, 0.3) is 0 Å². The van der Waals surface area contributed by atoms with Crippen LogP contribution in [-0.4, -0.2) is 5.11 Å². The number of aliphatic hydroxyl groups excluding tert-OH is 1. The highest BCUT2D eigenvalue weighted by atomic mass is 79.9. The molecule has 0 spiro atoms. The number of aliphatic hydroxyl groups is 1. The Hall–Kier alpha value is -0.840. The van der Waals surface area contributed by atoms with Crippen molar-refractivity contribution >= 4 is 31.9 Å². The molecule has 0 unspecified atom stereocenters. The molecule has 19 heavy (non-hydrogen) atoms. The highest BCUT2D eigenvalue weighted by Gasteiger charge is 2.08. The molecule has 2 aromatic carbocycles. The van der Waals surface area contributed by atoms with Crippen LogP contribution in [0.2, 0.25) is 0 Å². The van der Waals surface area contributed by atoms with E-state index in [0.717, 1.165) is 31.6 Å². The lowest BCUT2D eigenvalue weighted by molar-refractivity contribution is 0.198. The molecule has 1 atom stereocenters. The zero-order chi connectivity index (χ0) is 14.0. The zero-order valence-corrected chi connectivity index (χ0v) is 13.8. The van der Waals surface area contributed by atoms with Gasteiger partial charge in [-0.15, -0.1) is 0 Å². The summed E-state index contributed by atoms with van der Waals surface area (Å²) in [7, 11) is 0. The number of hydrogen-bond acceptors (Lipinski definition) is 2. The average molecular weight is 386 g/mol. The summed E-state index contributed by atoms with van der Waals surface area (Å²) in [6, 6.07) is 11.4. The quantitative estimate of drug-likeness (QED) is 0.769. The van der Waals surface area contributed by atoms with E-state index in [-0.39, 0.29) is 0 Å². The standard InChI is InChI=1S/C15H14Br2O2/c1-9-7-11(4-6-14(9)16)19-12-3-5-13(10(2)18)15(17)8-12/h3-8,10,18H,1-2H3/t10-/m0/s1. The van der Waals surface area contributed by atoms with Gasteiger partial charge in [0, 0.05) is 8.95 Å². The number of halogens is 2. The van der Waals surface area contributed by atoms with Gasteiger partial charge in [-0.3, -0.25) is 0 Å². The molecule has 0 radical (unpaired) electrons. The molecular formula is C15H14Br2O2. The summed E-state index contributed by atoms with van der Waals surface area (Å²) >= 11 is 6.90. The lowest BCUT2D eigenvalue weighted by Gasteiger charge is -2.11. The summed E-state index contributed by atoms with van der Waals surface area (Å²) in [5.74, 6) is 1.52. The van der Waals surface area contributed by atoms with Crippen molar-refractivity contribution in [3.05, 3.63) is 56.5 Å². The lowest BCUT2D eigenvalue weighted by atomic mass is 10.1. The monoisotopic (exact) mass is 384 g/mol. The summed E-state index contributed by atoms with van der Waals surface area (Å²) < 4.78 is 7.70. The Morgan fingerprint density at radius 2 is 1.63 bits per heavy atom. The fourth-order valence-electron chi connectivity index (χ4n) is 1.73. The molecule has 0 saturated heterocycles. The normalized spacial score (nSPS) is 12.3. The van der Waals surface area contributed by atoms with Crippen molar-refractivity contribution in [3.8, 4) is 11.5 Å². The molecule has 0 heterocycles. The van der Waals surface area contributed by atoms with Crippen molar-refractivity contribution in [1.29, 1.82) is 0 Å². The van der Waals surface area contributed by atoms with Gasteiger partial charge in [-0.2, -0.15) is 0 Å². The van der Waals surface area contributed by atoms with E-state index in [1.54, 1.807) is 6.92 Å². The Morgan fingerprint density at radius 1 is 1.00 bits per heavy atom. The molecule has 0 aromatic heterocycles. The minimum Gasteiger partial charge on any atom is -0.457 e. The van der Waals surface area contributed by atoms with Gasteiger partial charge < -0.3 is 9.84 Å². The van der Waals surface area contributed by atoms with E-state index < -0.39 is 6.10 Å². The van der Waals surface area contributed by atoms with Crippen molar-refractivity contribution in [3.63, 3.8) is 0 Å². The predicted molar refractivity (Wildman–Crippen MR) is 83.7 cm³/mol. The first-order valence-corrected chi connectivity index (χ1v) is 7.47. The average Bonchev–Trinajstić information content (AvgIpc) is 2.33. The SMILES string of the molecule is Cc1cc(Oc2ccc([C@H](C)O)c(Br)c2)ccc1Br. The Balaban J connectivity index is 2.24. The number of rotatable bonds is 3. The zero-order valence-electron chi connectivity index (χ0n) is 10.7. The summed E-state index contributed by atoms with van der Waals surface area (Å²) in [4.78, 5) is 0. The molecule has 0 saturated carbocycles. The second kappa shape index (κ2) is 6.07. The van der Waals surface area contributed by atoms with E-state index in [2.05, 4.69) is 31.9 Å². The van der Waals surface area contributed by atoms with Crippen LogP contribution >= 0.6 is 31.9 Å². The molecule has 0 fully saturated rings. The topological polar surface area (TPSA) is 29.5 Å². The molecule has 1 N–H and O–H groups in total. The van der Waals surface area contributed by atoms with Gasteiger partial charge in [0.15, 0.2) is 0 Å². The summed E-state index contributed by atoms with van der Waals surface area (Å²) in [5.41, 5.74) is 1.97. The van der Waals surface area contributed by atoms with Crippen molar-refractivity contribution in [2.45, 2.75) is 20.0 Å². The van der Waals surface area contributed by atoms with E-state index in [4.69, 9.17) is 4.74 Å². The van der Waals surface area contributed by atoms with Crippen LogP contribution < -0.4 is 4.74 Å². The number of aryl methyl sites for hydroxylation is 1. The maximum Gasteiger partial charge on any atom is 0.128 e. The molecule has 0 aliphatic carbocycles. The number of ether oxygens (including phenoxy) is 1. The third kappa shape index (κ3) is 3.59. The molecule has 4 heteroatoms. The van der Waals surface area contributed by atoms with Crippen LogP contribution in [0.25, 0.3) is 0 Å². The third-order valence-corrected chi connectivity index (χ3v) is 4.36. The van der Waals surface area contributed by atoms with Gasteiger partial charge in [0.05, 0.1) is 6.10 Å². The van der Waals surface area contributed by atoms with Gasteiger partial charge in [-0.1, -0.05) is 37.9 Å². The molecule has 2 nitrogen and oxygen atoms in total. The minimum absolute atomic E-state index is 0.502. The van der Waals surface area contributed by atoms with Crippen LogP contribution in [0.15, 0.2) is 45.3 Å². The smallest absolute Gasteiger partial charge is 0.128 e. The molecule has 100 valence electrons. The van der Waals surface area contributed by atoms with Crippen molar-refractivity contribution in [2.75, 3.05) is 0 Å². The third-order valence-electron chi connectivity index (χ3n) is 2.79. The number of benzene rings is 2. The van der Waals surface area contributed by atoms with Crippen molar-refractivity contribution in [2.24, 2.45) is 0 Å². The van der Waals surface area contributed by atoms with E-state index in [1.807, 2.05) is 43.3 Å². The summed E-state index contributed by atoms with van der Waals surface area (Å²) in [6.07, 6.45) is -0.502. The highest BCUT2D eigenvalue weighted by Crippen LogP contribution is 2.31. The maximum absolute atomic E-state index is 9.58. The van der Waals surface area contributed by atoms with Crippen LogP contribution in [0.5, 0.6) is 11.5 Å². The van der Waals surface area contributed by atoms with Crippen LogP contribution in [-0.2, 0) is 0 Å². The first kappa shape index (κ1) is 14.6. The lowest BCUT2D eigenvalue weighted by Crippen LogP contribution is -1.93. The first-order chi connectivity index (χ1) is 8.97. The van der Waals surface area contributed by atoms with Gasteiger partial charge in [0.2, 0.25) is 0 Å². The molecule has 0 amide bonds. The van der Waals surface area contributed by atoms with Gasteiger partial charge in [-0.25, -0.2) is 0 Å². The summed E-state index contributed by atoms with van der Waals surface area (Å²) in [6.45, 7) is 3.75. The van der Waals surface area contributed by atoms with E-state index in [0.29, 0.717) is 0 Å². The molecule has 0 aliphatic heterocycles. The maximum atomic E-state index is 9.58. The van der Waals surface area contributed by atoms with Gasteiger partial charge in [0.1, 0.15) is 11.5 Å². The number of hydrogen-bond donors (Lipinski definition) is 1. The van der Waals surface area contributed by atoms with Crippen molar-refractivity contribution < 1.29 is 9.84 Å². The van der Waals surface area contributed by atoms with Gasteiger partial charge >= 0.3 is 0 Å². The minimum atomic E-state index is -0.502. The Bertz CT molecular complexity index is 595. The largest absolute Gasteiger partial charge is 0.457 e. The fraction of sp³-hybridized carbons (Fsp3) is 0.200. The Kier molecular flexibility index (Phi) is 4.66. The Morgan fingerprint density at radius 3 is 2.21 bits per heavy atom. The fourth-order valence-corrected chi connectivity index (χ4v) is 2.66. The van der Waals surface area contributed by atoms with Gasteiger partial charge in [-0.05, 0) is 55.3 Å². The highest BCUT2D eigenvalue weighted by molar-refractivity contribution is 9.10. The van der Waals surface area contributed by atoms with E-state index in [1.165, 1.54) is 0 Å². The van der Waals surface area contributed by atoms with Crippen molar-refractivity contribution in [1.82, 2.24) is 0 Å². The van der Waals surface area contributed by atoms with Crippen LogP contribution in [0.3, 0.4) is 0 Å². The molecular weight excluding hydrogens is 372 g/mol. The first-order valence-electron chi connectivity index (χ1n) is 5.89. The Labute approximate surface area is 129 Å². The van der Waals surface area contributed by atoms with E-state index in [9.17, 15) is 5.11 Å². The van der Waals surface area contributed by atoms with E-state index >= 15 is 0 Å².